The SMILES string of the molecule is CCCC1NC(=O)c2ccccc2N(C)C1=O. The second-order valence-electron chi connectivity index (χ2n) is 4.23. The van der Waals surface area contributed by atoms with Crippen molar-refractivity contribution in [3.05, 3.63) is 29.8 Å². The van der Waals surface area contributed by atoms with Crippen LogP contribution in [0.3, 0.4) is 0 Å². The molecule has 4 heteroatoms. The molecule has 1 N–H and O–H groups in total. The summed E-state index contributed by atoms with van der Waals surface area (Å²) < 4.78 is 0. The Balaban J connectivity index is 2.42. The zero-order valence-corrected chi connectivity index (χ0v) is 10.1. The van der Waals surface area contributed by atoms with Crippen molar-refractivity contribution in [3.8, 4) is 0 Å². The molecule has 1 aromatic carbocycles. The summed E-state index contributed by atoms with van der Waals surface area (Å²) in [6.07, 6.45) is 1.53. The Hall–Kier alpha value is -1.84. The Morgan fingerprint density at radius 1 is 1.29 bits per heavy atom. The molecule has 0 aromatic heterocycles. The molecule has 1 unspecified atom stereocenters. The first-order chi connectivity index (χ1) is 8.15. The summed E-state index contributed by atoms with van der Waals surface area (Å²) in [5.74, 6) is -0.220. The number of nitrogens with zero attached hydrogens (tertiary/aromatic N) is 1. The third kappa shape index (κ3) is 2.02. The summed E-state index contributed by atoms with van der Waals surface area (Å²) in [6, 6.07) is 6.75. The maximum absolute atomic E-state index is 12.2. The normalized spacial score (nSPS) is 19.6. The number of hydrogen-bond donors (Lipinski definition) is 1. The van der Waals surface area contributed by atoms with Gasteiger partial charge in [0, 0.05) is 7.05 Å². The molecule has 0 fully saturated rings. The first kappa shape index (κ1) is 11.6. The lowest BCUT2D eigenvalue weighted by molar-refractivity contribution is -0.120. The van der Waals surface area contributed by atoms with Gasteiger partial charge < -0.3 is 10.2 Å². The maximum Gasteiger partial charge on any atom is 0.254 e. The second-order valence-corrected chi connectivity index (χ2v) is 4.23. The highest BCUT2D eigenvalue weighted by Crippen LogP contribution is 2.23. The van der Waals surface area contributed by atoms with Crippen molar-refractivity contribution in [1.82, 2.24) is 5.32 Å². The van der Waals surface area contributed by atoms with Gasteiger partial charge in [0.25, 0.3) is 5.91 Å². The van der Waals surface area contributed by atoms with Gasteiger partial charge in [-0.2, -0.15) is 0 Å². The van der Waals surface area contributed by atoms with Crippen molar-refractivity contribution in [2.45, 2.75) is 25.8 Å². The Bertz CT molecular complexity index is 456. The van der Waals surface area contributed by atoms with Gasteiger partial charge in [-0.25, -0.2) is 0 Å². The van der Waals surface area contributed by atoms with E-state index in [1.54, 1.807) is 30.1 Å². The Morgan fingerprint density at radius 2 is 2.00 bits per heavy atom. The fourth-order valence-corrected chi connectivity index (χ4v) is 2.09. The number of carbonyl (C=O) groups is 2. The van der Waals surface area contributed by atoms with Crippen LogP contribution in [0.1, 0.15) is 30.1 Å². The van der Waals surface area contributed by atoms with Gasteiger partial charge >= 0.3 is 0 Å². The second kappa shape index (κ2) is 4.57. The fraction of sp³-hybridized carbons (Fsp3) is 0.385. The van der Waals surface area contributed by atoms with Crippen LogP contribution in [0.5, 0.6) is 0 Å². The van der Waals surface area contributed by atoms with Crippen LogP contribution < -0.4 is 10.2 Å². The molecule has 0 bridgehead atoms. The zero-order chi connectivity index (χ0) is 12.4. The van der Waals surface area contributed by atoms with Crippen LogP contribution in [0.4, 0.5) is 5.69 Å². The lowest BCUT2D eigenvalue weighted by Crippen LogP contribution is -2.44. The van der Waals surface area contributed by atoms with Gasteiger partial charge in [-0.3, -0.25) is 9.59 Å². The minimum atomic E-state index is -0.412. The highest BCUT2D eigenvalue weighted by molar-refractivity contribution is 6.10. The lowest BCUT2D eigenvalue weighted by atomic mass is 10.1. The number of anilines is 1. The van der Waals surface area contributed by atoms with Crippen molar-refractivity contribution in [3.63, 3.8) is 0 Å². The van der Waals surface area contributed by atoms with Crippen molar-refractivity contribution >= 4 is 17.5 Å². The first-order valence-electron chi connectivity index (χ1n) is 5.82. The number of benzene rings is 1. The van der Waals surface area contributed by atoms with Crippen LogP contribution in [-0.4, -0.2) is 24.9 Å². The summed E-state index contributed by atoms with van der Waals surface area (Å²) in [5.41, 5.74) is 1.23. The number of carbonyl (C=O) groups excluding carboxylic acids is 2. The van der Waals surface area contributed by atoms with Crippen LogP contribution in [-0.2, 0) is 4.79 Å². The minimum Gasteiger partial charge on any atom is -0.340 e. The van der Waals surface area contributed by atoms with Crippen molar-refractivity contribution in [2.24, 2.45) is 0 Å². The van der Waals surface area contributed by atoms with Crippen LogP contribution in [0.2, 0.25) is 0 Å². The number of rotatable bonds is 2. The molecule has 2 amide bonds. The highest BCUT2D eigenvalue weighted by atomic mass is 16.2. The fourth-order valence-electron chi connectivity index (χ4n) is 2.09. The van der Waals surface area contributed by atoms with Crippen LogP contribution in [0.15, 0.2) is 24.3 Å². The molecule has 1 aromatic rings. The van der Waals surface area contributed by atoms with E-state index in [2.05, 4.69) is 5.32 Å². The molecule has 0 radical (unpaired) electrons. The largest absolute Gasteiger partial charge is 0.340 e. The first-order valence-corrected chi connectivity index (χ1v) is 5.82. The van der Waals surface area contributed by atoms with Crippen LogP contribution in [0, 0.1) is 0 Å². The van der Waals surface area contributed by atoms with Gasteiger partial charge in [-0.1, -0.05) is 25.5 Å². The Kier molecular flexibility index (Phi) is 3.13. The van der Waals surface area contributed by atoms with Gasteiger partial charge in [0.15, 0.2) is 0 Å². The van der Waals surface area contributed by atoms with E-state index in [-0.39, 0.29) is 11.8 Å². The van der Waals surface area contributed by atoms with E-state index >= 15 is 0 Å². The molecule has 0 saturated heterocycles. The standard InChI is InChI=1S/C13H16N2O2/c1-3-6-10-13(17)15(2)11-8-5-4-7-9(11)12(16)14-10/h4-5,7-8,10H,3,6H2,1-2H3,(H,14,16). The van der Waals surface area contributed by atoms with E-state index in [4.69, 9.17) is 0 Å². The summed E-state index contributed by atoms with van der Waals surface area (Å²) in [5, 5.41) is 2.79. The van der Waals surface area contributed by atoms with Crippen molar-refractivity contribution in [1.29, 1.82) is 0 Å². The average molecular weight is 232 g/mol. The van der Waals surface area contributed by atoms with Gasteiger partial charge in [0.05, 0.1) is 11.3 Å². The summed E-state index contributed by atoms with van der Waals surface area (Å²) in [4.78, 5) is 25.7. The minimum absolute atomic E-state index is 0.0508. The third-order valence-corrected chi connectivity index (χ3v) is 3.02. The van der Waals surface area contributed by atoms with Crippen molar-refractivity contribution in [2.75, 3.05) is 11.9 Å². The van der Waals surface area contributed by atoms with Crippen LogP contribution >= 0.6 is 0 Å². The number of amides is 2. The molecule has 2 rings (SSSR count). The topological polar surface area (TPSA) is 49.4 Å². The average Bonchev–Trinajstić information content (AvgIpc) is 2.43. The molecule has 1 aliphatic rings. The number of nitrogens with one attached hydrogen (secondary N) is 1. The predicted octanol–water partition coefficient (Wildman–Crippen LogP) is 1.56. The number of hydrogen-bond acceptors (Lipinski definition) is 2. The van der Waals surface area contributed by atoms with E-state index in [0.29, 0.717) is 17.7 Å². The molecule has 0 aliphatic carbocycles. The van der Waals surface area contributed by atoms with Crippen molar-refractivity contribution < 1.29 is 9.59 Å². The van der Waals surface area contributed by atoms with E-state index in [0.717, 1.165) is 6.42 Å². The van der Waals surface area contributed by atoms with Gasteiger partial charge in [-0.05, 0) is 18.6 Å². The molecule has 0 saturated carbocycles. The number of likely N-dealkylation sites (N-methyl/N-ethyl adjacent to an activating group) is 1. The summed E-state index contributed by atoms with van der Waals surface area (Å²) >= 11 is 0. The lowest BCUT2D eigenvalue weighted by Gasteiger charge is -2.20. The van der Waals surface area contributed by atoms with Gasteiger partial charge in [-0.15, -0.1) is 0 Å². The quantitative estimate of drug-likeness (QED) is 0.841. The van der Waals surface area contributed by atoms with Gasteiger partial charge in [0.2, 0.25) is 5.91 Å². The van der Waals surface area contributed by atoms with E-state index < -0.39 is 6.04 Å². The molecule has 17 heavy (non-hydrogen) atoms. The third-order valence-electron chi connectivity index (χ3n) is 3.02. The molecule has 0 spiro atoms. The maximum atomic E-state index is 12.2. The van der Waals surface area contributed by atoms with Gasteiger partial charge in [0.1, 0.15) is 6.04 Å². The number of fused-ring (bicyclic) bond motifs is 1. The smallest absolute Gasteiger partial charge is 0.254 e. The number of para-hydroxylation sites is 1. The van der Waals surface area contributed by atoms with Crippen LogP contribution in [0.25, 0.3) is 0 Å². The Labute approximate surface area is 101 Å². The molecule has 90 valence electrons. The molecule has 1 aliphatic heterocycles. The Morgan fingerprint density at radius 3 is 2.71 bits per heavy atom. The summed E-state index contributed by atoms with van der Waals surface area (Å²) in [6.45, 7) is 2.00. The zero-order valence-electron chi connectivity index (χ0n) is 10.1. The molecular formula is C13H16N2O2. The van der Waals surface area contributed by atoms with E-state index in [9.17, 15) is 9.59 Å². The molecule has 1 atom stereocenters. The van der Waals surface area contributed by atoms with E-state index in [1.165, 1.54) is 0 Å². The highest BCUT2D eigenvalue weighted by Gasteiger charge is 2.30. The molecule has 4 nitrogen and oxygen atoms in total. The molecular weight excluding hydrogens is 216 g/mol. The monoisotopic (exact) mass is 232 g/mol. The molecule has 1 heterocycles. The predicted molar refractivity (Wildman–Crippen MR) is 66.0 cm³/mol. The van der Waals surface area contributed by atoms with E-state index in [1.807, 2.05) is 13.0 Å². The summed E-state index contributed by atoms with van der Waals surface area (Å²) in [7, 11) is 1.71.